The Kier molecular flexibility index (Phi) is 4.92. The molecule has 0 bridgehead atoms. The van der Waals surface area contributed by atoms with E-state index in [1.807, 2.05) is 0 Å². The maximum atomic E-state index is 10.6. The lowest BCUT2D eigenvalue weighted by molar-refractivity contribution is 0.362. The minimum atomic E-state index is -3.92. The number of allylic oxidation sites excluding steroid dienone is 1. The predicted octanol–water partition coefficient (Wildman–Crippen LogP) is 1.38. The highest BCUT2D eigenvalue weighted by molar-refractivity contribution is 7.51. The first-order valence-electron chi connectivity index (χ1n) is 3.58. The number of rotatable bonds is 5. The van der Waals surface area contributed by atoms with Gasteiger partial charge in [-0.05, 0) is 12.3 Å². The van der Waals surface area contributed by atoms with Crippen LogP contribution >= 0.6 is 7.60 Å². The van der Waals surface area contributed by atoms with Crippen molar-refractivity contribution < 1.29 is 14.4 Å². The summed E-state index contributed by atoms with van der Waals surface area (Å²) in [6, 6.07) is 0. The Balaban J connectivity index is 4.05. The molecule has 0 rings (SSSR count). The zero-order valence-corrected chi connectivity index (χ0v) is 7.70. The second-order valence-corrected chi connectivity index (χ2v) is 4.34. The van der Waals surface area contributed by atoms with E-state index in [2.05, 4.69) is 12.5 Å². The molecule has 68 valence electrons. The highest BCUT2D eigenvalue weighted by atomic mass is 31.2. The fourth-order valence-corrected chi connectivity index (χ4v) is 1.91. The van der Waals surface area contributed by atoms with Gasteiger partial charge in [-0.3, -0.25) is 4.57 Å². The van der Waals surface area contributed by atoms with Crippen LogP contribution in [0, 0.1) is 18.3 Å². The maximum Gasteiger partial charge on any atom is 0.325 e. The van der Waals surface area contributed by atoms with Gasteiger partial charge < -0.3 is 9.79 Å². The first kappa shape index (κ1) is 11.4. The number of hydrogen-bond donors (Lipinski definition) is 2. The SMILES string of the molecule is C#CCC(CC=C)CP(=O)(O)O. The molecule has 0 aliphatic heterocycles. The molecule has 3 nitrogen and oxygen atoms in total. The molecule has 0 radical (unpaired) electrons. The van der Waals surface area contributed by atoms with E-state index in [9.17, 15) is 4.57 Å². The van der Waals surface area contributed by atoms with Crippen LogP contribution in [0.2, 0.25) is 0 Å². The molecule has 0 aromatic heterocycles. The minimum absolute atomic E-state index is 0.145. The lowest BCUT2D eigenvalue weighted by atomic mass is 10.1. The van der Waals surface area contributed by atoms with E-state index in [4.69, 9.17) is 16.2 Å². The van der Waals surface area contributed by atoms with Crippen LogP contribution in [0.1, 0.15) is 12.8 Å². The quantitative estimate of drug-likeness (QED) is 0.389. The summed E-state index contributed by atoms with van der Waals surface area (Å²) in [6.45, 7) is 3.49. The van der Waals surface area contributed by atoms with Crippen molar-refractivity contribution >= 4 is 7.60 Å². The summed E-state index contributed by atoms with van der Waals surface area (Å²) in [7, 11) is -3.92. The van der Waals surface area contributed by atoms with Gasteiger partial charge in [0, 0.05) is 6.42 Å². The molecular formula is C8H13O3P. The molecule has 0 aliphatic carbocycles. The second-order valence-electron chi connectivity index (χ2n) is 2.65. The first-order chi connectivity index (χ1) is 5.49. The highest BCUT2D eigenvalue weighted by Gasteiger charge is 2.19. The van der Waals surface area contributed by atoms with Crippen molar-refractivity contribution in [2.24, 2.45) is 5.92 Å². The zero-order chi connectivity index (χ0) is 9.61. The lowest BCUT2D eigenvalue weighted by Crippen LogP contribution is -2.04. The van der Waals surface area contributed by atoms with Gasteiger partial charge in [0.2, 0.25) is 0 Å². The van der Waals surface area contributed by atoms with Crippen LogP contribution < -0.4 is 0 Å². The Bertz CT molecular complexity index is 223. The van der Waals surface area contributed by atoms with Gasteiger partial charge in [0.15, 0.2) is 0 Å². The van der Waals surface area contributed by atoms with Crippen LogP contribution in [0.3, 0.4) is 0 Å². The van der Waals surface area contributed by atoms with Gasteiger partial charge in [0.1, 0.15) is 0 Å². The van der Waals surface area contributed by atoms with Crippen LogP contribution in [0.15, 0.2) is 12.7 Å². The van der Waals surface area contributed by atoms with Crippen LogP contribution in [-0.4, -0.2) is 15.9 Å². The molecule has 1 atom stereocenters. The fraction of sp³-hybridized carbons (Fsp3) is 0.500. The molecule has 0 saturated carbocycles. The molecule has 2 N–H and O–H groups in total. The van der Waals surface area contributed by atoms with Crippen molar-refractivity contribution in [3.8, 4) is 12.3 Å². The second kappa shape index (κ2) is 5.16. The summed E-state index contributed by atoms with van der Waals surface area (Å²) >= 11 is 0. The normalized spacial score (nSPS) is 13.4. The van der Waals surface area contributed by atoms with E-state index in [1.54, 1.807) is 6.08 Å². The molecule has 0 spiro atoms. The first-order valence-corrected chi connectivity index (χ1v) is 5.38. The summed E-state index contributed by atoms with van der Waals surface area (Å²) < 4.78 is 10.6. The average Bonchev–Trinajstić information content (AvgIpc) is 1.84. The molecular weight excluding hydrogens is 175 g/mol. The van der Waals surface area contributed by atoms with Crippen molar-refractivity contribution in [2.75, 3.05) is 6.16 Å². The summed E-state index contributed by atoms with van der Waals surface area (Å²) in [4.78, 5) is 17.3. The van der Waals surface area contributed by atoms with Gasteiger partial charge in [0.25, 0.3) is 0 Å². The van der Waals surface area contributed by atoms with Crippen molar-refractivity contribution in [2.45, 2.75) is 12.8 Å². The van der Waals surface area contributed by atoms with E-state index in [0.717, 1.165) is 0 Å². The van der Waals surface area contributed by atoms with Gasteiger partial charge in [-0.15, -0.1) is 18.9 Å². The summed E-state index contributed by atoms with van der Waals surface area (Å²) in [5, 5.41) is 0. The van der Waals surface area contributed by atoms with Crippen molar-refractivity contribution in [3.63, 3.8) is 0 Å². The predicted molar refractivity (Wildman–Crippen MR) is 48.7 cm³/mol. The summed E-state index contributed by atoms with van der Waals surface area (Å²) in [5.41, 5.74) is 0. The average molecular weight is 188 g/mol. The molecule has 12 heavy (non-hydrogen) atoms. The highest BCUT2D eigenvalue weighted by Crippen LogP contribution is 2.38. The van der Waals surface area contributed by atoms with Gasteiger partial charge in [-0.1, -0.05) is 6.08 Å². The van der Waals surface area contributed by atoms with Gasteiger partial charge in [0.05, 0.1) is 6.16 Å². The smallest absolute Gasteiger partial charge is 0.324 e. The number of hydrogen-bond acceptors (Lipinski definition) is 1. The fourth-order valence-electron chi connectivity index (χ4n) is 0.961. The maximum absolute atomic E-state index is 10.6. The minimum Gasteiger partial charge on any atom is -0.324 e. The Morgan fingerprint density at radius 2 is 2.25 bits per heavy atom. The van der Waals surface area contributed by atoms with Crippen LogP contribution in [0.5, 0.6) is 0 Å². The van der Waals surface area contributed by atoms with Crippen molar-refractivity contribution in [1.82, 2.24) is 0 Å². The van der Waals surface area contributed by atoms with Crippen molar-refractivity contribution in [3.05, 3.63) is 12.7 Å². The van der Waals surface area contributed by atoms with Gasteiger partial charge in [-0.25, -0.2) is 0 Å². The number of terminal acetylenes is 1. The molecule has 0 aromatic rings. The molecule has 0 heterocycles. The molecule has 0 amide bonds. The van der Waals surface area contributed by atoms with Crippen LogP contribution in [-0.2, 0) is 4.57 Å². The molecule has 1 unspecified atom stereocenters. The third-order valence-corrected chi connectivity index (χ3v) is 2.39. The van der Waals surface area contributed by atoms with Crippen LogP contribution in [0.25, 0.3) is 0 Å². The Morgan fingerprint density at radius 1 is 1.67 bits per heavy atom. The molecule has 4 heteroatoms. The summed E-state index contributed by atoms with van der Waals surface area (Å²) in [6.07, 6.45) is 7.45. The molecule has 0 aliphatic rings. The van der Waals surface area contributed by atoms with E-state index in [0.29, 0.717) is 12.8 Å². The van der Waals surface area contributed by atoms with Gasteiger partial charge >= 0.3 is 7.60 Å². The standard InChI is InChI=1S/C8H13O3P/c1-3-5-8(6-4-2)7-12(9,10)11/h1,4,8H,2,5-7H2,(H2,9,10,11). The largest absolute Gasteiger partial charge is 0.325 e. The molecule has 0 fully saturated rings. The van der Waals surface area contributed by atoms with Crippen LogP contribution in [0.4, 0.5) is 0 Å². The molecule has 0 aromatic carbocycles. The van der Waals surface area contributed by atoms with Crippen molar-refractivity contribution in [1.29, 1.82) is 0 Å². The third kappa shape index (κ3) is 6.18. The summed E-state index contributed by atoms with van der Waals surface area (Å²) in [5.74, 6) is 2.24. The van der Waals surface area contributed by atoms with Gasteiger partial charge in [-0.2, -0.15) is 0 Å². The Morgan fingerprint density at radius 3 is 2.58 bits per heavy atom. The lowest BCUT2D eigenvalue weighted by Gasteiger charge is -2.12. The van der Waals surface area contributed by atoms with E-state index in [1.165, 1.54) is 0 Å². The Labute approximate surface area is 72.7 Å². The topological polar surface area (TPSA) is 57.5 Å². The monoisotopic (exact) mass is 188 g/mol. The van der Waals surface area contributed by atoms with E-state index < -0.39 is 7.60 Å². The molecule has 0 saturated heterocycles. The van der Waals surface area contributed by atoms with E-state index >= 15 is 0 Å². The Hall–Kier alpha value is -0.550. The van der Waals surface area contributed by atoms with E-state index in [-0.39, 0.29) is 12.1 Å². The third-order valence-electron chi connectivity index (χ3n) is 1.40. The zero-order valence-electron chi connectivity index (χ0n) is 6.81.